The Morgan fingerprint density at radius 3 is 2.21 bits per heavy atom. The van der Waals surface area contributed by atoms with Crippen LogP contribution in [0, 0.1) is 0 Å². The van der Waals surface area contributed by atoms with E-state index in [1.165, 1.54) is 5.01 Å². The largest absolute Gasteiger partial charge is 0.478 e. The summed E-state index contributed by atoms with van der Waals surface area (Å²) in [6.45, 7) is 0. The lowest BCUT2D eigenvalue weighted by Gasteiger charge is -2.10. The zero-order valence-corrected chi connectivity index (χ0v) is 7.77. The van der Waals surface area contributed by atoms with Crippen LogP contribution < -0.4 is 10.7 Å². The van der Waals surface area contributed by atoms with Gasteiger partial charge in [-0.05, 0) is 0 Å². The van der Waals surface area contributed by atoms with Gasteiger partial charge in [-0.25, -0.2) is 14.6 Å². The maximum absolute atomic E-state index is 10.8. The second-order valence-electron chi connectivity index (χ2n) is 2.50. The molecule has 0 aromatic heterocycles. The summed E-state index contributed by atoms with van der Waals surface area (Å²) in [6.07, 6.45) is 1.38. The third kappa shape index (κ3) is 6.80. The summed E-state index contributed by atoms with van der Waals surface area (Å²) in [7, 11) is 3.13. The van der Waals surface area contributed by atoms with E-state index in [1.807, 2.05) is 5.32 Å². The topological polar surface area (TPSA) is 98.7 Å². The first-order chi connectivity index (χ1) is 6.41. The minimum absolute atomic E-state index is 0.637. The molecule has 0 unspecified atom stereocenters. The van der Waals surface area contributed by atoms with Gasteiger partial charge in [0.05, 0.1) is 0 Å². The van der Waals surface area contributed by atoms with E-state index in [0.717, 1.165) is 6.08 Å². The highest BCUT2D eigenvalue weighted by Crippen LogP contribution is 1.75. The first-order valence-electron chi connectivity index (χ1n) is 3.61. The molecular formula is C7H11N3O4. The van der Waals surface area contributed by atoms with Crippen LogP contribution in [0.2, 0.25) is 0 Å². The SMILES string of the molecule is CN(C)NC(=O)NC(=O)/C=C/C(=O)O. The molecule has 0 bridgehead atoms. The van der Waals surface area contributed by atoms with Crippen LogP contribution in [0.5, 0.6) is 0 Å². The number of rotatable bonds is 3. The molecule has 0 fully saturated rings. The quantitative estimate of drug-likeness (QED) is 0.399. The number of urea groups is 1. The number of carboxylic acids is 1. The normalized spacial score (nSPS) is 10.2. The molecule has 78 valence electrons. The number of carbonyl (C=O) groups excluding carboxylic acids is 2. The van der Waals surface area contributed by atoms with Crippen LogP contribution in [-0.2, 0) is 9.59 Å². The second-order valence-corrected chi connectivity index (χ2v) is 2.50. The molecule has 0 aliphatic heterocycles. The number of hydrogen-bond acceptors (Lipinski definition) is 4. The van der Waals surface area contributed by atoms with E-state index in [4.69, 9.17) is 5.11 Å². The highest BCUT2D eigenvalue weighted by atomic mass is 16.4. The van der Waals surface area contributed by atoms with Gasteiger partial charge in [-0.3, -0.25) is 15.5 Å². The molecule has 0 radical (unpaired) electrons. The Morgan fingerprint density at radius 2 is 1.79 bits per heavy atom. The van der Waals surface area contributed by atoms with Gasteiger partial charge in [0, 0.05) is 26.2 Å². The van der Waals surface area contributed by atoms with Crippen molar-refractivity contribution in [2.75, 3.05) is 14.1 Å². The molecule has 0 aliphatic carbocycles. The van der Waals surface area contributed by atoms with Crippen LogP contribution in [-0.4, -0.2) is 42.1 Å². The number of carbonyl (C=O) groups is 3. The number of aliphatic carboxylic acids is 1. The van der Waals surface area contributed by atoms with Gasteiger partial charge in [-0.15, -0.1) is 0 Å². The molecule has 0 heterocycles. The van der Waals surface area contributed by atoms with Gasteiger partial charge in [0.25, 0.3) is 5.91 Å². The van der Waals surface area contributed by atoms with Crippen molar-refractivity contribution in [2.24, 2.45) is 0 Å². The molecule has 14 heavy (non-hydrogen) atoms. The Balaban J connectivity index is 3.95. The van der Waals surface area contributed by atoms with E-state index in [1.54, 1.807) is 14.1 Å². The number of nitrogens with zero attached hydrogens (tertiary/aromatic N) is 1. The summed E-state index contributed by atoms with van der Waals surface area (Å²) in [4.78, 5) is 31.6. The molecule has 3 amide bonds. The average molecular weight is 201 g/mol. The van der Waals surface area contributed by atoms with E-state index < -0.39 is 17.9 Å². The van der Waals surface area contributed by atoms with Crippen molar-refractivity contribution in [1.29, 1.82) is 0 Å². The summed E-state index contributed by atoms with van der Waals surface area (Å²) in [5.74, 6) is -2.06. The Morgan fingerprint density at radius 1 is 1.21 bits per heavy atom. The Labute approximate surface area is 80.3 Å². The molecule has 0 spiro atoms. The number of imide groups is 1. The van der Waals surface area contributed by atoms with E-state index in [0.29, 0.717) is 6.08 Å². The van der Waals surface area contributed by atoms with Crippen molar-refractivity contribution >= 4 is 17.9 Å². The maximum atomic E-state index is 10.8. The lowest BCUT2D eigenvalue weighted by molar-refractivity contribution is -0.131. The third-order valence-corrected chi connectivity index (χ3v) is 0.939. The maximum Gasteiger partial charge on any atom is 0.336 e. The van der Waals surface area contributed by atoms with Crippen LogP contribution in [0.25, 0.3) is 0 Å². The van der Waals surface area contributed by atoms with Gasteiger partial charge in [0.2, 0.25) is 0 Å². The fourth-order valence-electron chi connectivity index (χ4n) is 0.532. The summed E-state index contributed by atoms with van der Waals surface area (Å²) >= 11 is 0. The highest BCUT2D eigenvalue weighted by Gasteiger charge is 2.04. The number of carboxylic acid groups (broad SMARTS) is 1. The molecule has 0 rings (SSSR count). The molecule has 0 saturated heterocycles. The van der Waals surface area contributed by atoms with Gasteiger partial charge < -0.3 is 5.11 Å². The average Bonchev–Trinajstić information content (AvgIpc) is 1.98. The van der Waals surface area contributed by atoms with Gasteiger partial charge in [0.1, 0.15) is 0 Å². The third-order valence-electron chi connectivity index (χ3n) is 0.939. The number of hydrogen-bond donors (Lipinski definition) is 3. The predicted molar refractivity (Wildman–Crippen MR) is 47.1 cm³/mol. The fourth-order valence-corrected chi connectivity index (χ4v) is 0.532. The van der Waals surface area contributed by atoms with Crippen LogP contribution in [0.15, 0.2) is 12.2 Å². The molecular weight excluding hydrogens is 190 g/mol. The monoisotopic (exact) mass is 201 g/mol. The first kappa shape index (κ1) is 12.1. The molecule has 7 nitrogen and oxygen atoms in total. The summed E-state index contributed by atoms with van der Waals surface area (Å²) in [5.41, 5.74) is 2.24. The van der Waals surface area contributed by atoms with E-state index in [9.17, 15) is 14.4 Å². The number of hydrazine groups is 1. The van der Waals surface area contributed by atoms with Crippen molar-refractivity contribution < 1.29 is 19.5 Å². The van der Waals surface area contributed by atoms with Crippen LogP contribution >= 0.6 is 0 Å². The van der Waals surface area contributed by atoms with E-state index in [2.05, 4.69) is 5.43 Å². The van der Waals surface area contributed by atoms with E-state index in [-0.39, 0.29) is 0 Å². The number of amides is 3. The van der Waals surface area contributed by atoms with Crippen molar-refractivity contribution in [3.05, 3.63) is 12.2 Å². The number of nitrogens with one attached hydrogen (secondary N) is 2. The van der Waals surface area contributed by atoms with Gasteiger partial charge in [0.15, 0.2) is 0 Å². The zero-order valence-electron chi connectivity index (χ0n) is 7.77. The smallest absolute Gasteiger partial charge is 0.336 e. The molecule has 0 aromatic rings. The molecule has 0 saturated carbocycles. The van der Waals surface area contributed by atoms with Crippen LogP contribution in [0.4, 0.5) is 4.79 Å². The molecule has 0 aromatic carbocycles. The fraction of sp³-hybridized carbons (Fsp3) is 0.286. The standard InChI is InChI=1S/C7H11N3O4/c1-10(2)9-7(14)8-5(11)3-4-6(12)13/h3-4H,1-2H3,(H,12,13)(H2,8,9,11,14)/b4-3+. The Hall–Kier alpha value is -1.89. The lowest BCUT2D eigenvalue weighted by atomic mass is 10.5. The summed E-state index contributed by atoms with van der Waals surface area (Å²) in [5, 5.41) is 11.4. The minimum Gasteiger partial charge on any atom is -0.478 e. The zero-order chi connectivity index (χ0) is 11.1. The molecule has 7 heteroatoms. The van der Waals surface area contributed by atoms with Crippen LogP contribution in [0.1, 0.15) is 0 Å². The Bertz CT molecular complexity index is 272. The Kier molecular flexibility index (Phi) is 4.93. The summed E-state index contributed by atoms with van der Waals surface area (Å²) in [6, 6.07) is -0.727. The van der Waals surface area contributed by atoms with Crippen molar-refractivity contribution in [1.82, 2.24) is 15.8 Å². The second kappa shape index (κ2) is 5.70. The molecule has 0 atom stereocenters. The minimum atomic E-state index is -1.26. The van der Waals surface area contributed by atoms with Gasteiger partial charge in [-0.2, -0.15) is 0 Å². The predicted octanol–water partition coefficient (Wildman–Crippen LogP) is -1.07. The lowest BCUT2D eigenvalue weighted by Crippen LogP contribution is -2.45. The molecule has 0 aliphatic rings. The highest BCUT2D eigenvalue weighted by molar-refractivity contribution is 6.02. The van der Waals surface area contributed by atoms with Crippen molar-refractivity contribution in [2.45, 2.75) is 0 Å². The van der Waals surface area contributed by atoms with Crippen molar-refractivity contribution in [3.63, 3.8) is 0 Å². The van der Waals surface area contributed by atoms with Crippen LogP contribution in [0.3, 0.4) is 0 Å². The van der Waals surface area contributed by atoms with Gasteiger partial charge >= 0.3 is 12.0 Å². The van der Waals surface area contributed by atoms with E-state index >= 15 is 0 Å². The first-order valence-corrected chi connectivity index (χ1v) is 3.61. The van der Waals surface area contributed by atoms with Gasteiger partial charge in [-0.1, -0.05) is 0 Å². The summed E-state index contributed by atoms with van der Waals surface area (Å²) < 4.78 is 0. The van der Waals surface area contributed by atoms with Crippen molar-refractivity contribution in [3.8, 4) is 0 Å². The molecule has 3 N–H and O–H groups in total.